The molecule has 0 amide bonds. The Morgan fingerprint density at radius 3 is 0.986 bits per heavy atom. The van der Waals surface area contributed by atoms with Gasteiger partial charge in [0, 0.05) is 81.8 Å². The van der Waals surface area contributed by atoms with Gasteiger partial charge in [0.15, 0.2) is 17.3 Å². The first kappa shape index (κ1) is 58.4. The molecule has 0 atom stereocenters. The number of ketones is 3. The summed E-state index contributed by atoms with van der Waals surface area (Å²) in [7, 11) is 0. The fraction of sp³-hybridized carbons (Fsp3) is 0.644. The van der Waals surface area contributed by atoms with Gasteiger partial charge in [0.1, 0.15) is 17.2 Å². The second-order valence-corrected chi connectivity index (χ2v) is 19.0. The normalized spacial score (nSPS) is 15.5. The van der Waals surface area contributed by atoms with Gasteiger partial charge in [-0.1, -0.05) is 91.4 Å². The molecule has 0 radical (unpaired) electrons. The molecule has 0 unspecified atom stereocenters. The molecule has 0 aliphatic carbocycles. The first-order valence-corrected chi connectivity index (χ1v) is 27.5. The van der Waals surface area contributed by atoms with E-state index in [2.05, 4.69) is 35.5 Å². The van der Waals surface area contributed by atoms with Crippen LogP contribution >= 0.6 is 0 Å². The SMILES string of the molecule is CCCCCCCOc1ccc(C(=O)CCN2CCOCC2)cc1.CCCCCCOc1ccc(C(=O)CCN2CCCCC2)cc1.CCCCCCOc1ccc(C(=O)CCN2CCOCC2)cc1. The quantitative estimate of drug-likeness (QED) is 0.0454. The summed E-state index contributed by atoms with van der Waals surface area (Å²) in [4.78, 5) is 43.7. The molecule has 390 valence electrons. The van der Waals surface area contributed by atoms with Crippen LogP contribution in [0.15, 0.2) is 72.8 Å². The molecule has 0 bridgehead atoms. The van der Waals surface area contributed by atoms with Gasteiger partial charge in [-0.25, -0.2) is 0 Å². The average molecular weight is 970 g/mol. The number of Topliss-reactive ketones (excluding diaryl/α,β-unsaturated/α-hetero) is 3. The summed E-state index contributed by atoms with van der Waals surface area (Å²) in [6.07, 6.45) is 21.5. The van der Waals surface area contributed by atoms with Gasteiger partial charge in [-0.05, 0) is 118 Å². The van der Waals surface area contributed by atoms with Crippen molar-refractivity contribution >= 4 is 17.3 Å². The van der Waals surface area contributed by atoms with Crippen LogP contribution in [0.1, 0.15) is 174 Å². The van der Waals surface area contributed by atoms with E-state index in [1.54, 1.807) is 0 Å². The molecule has 0 aromatic heterocycles. The minimum absolute atomic E-state index is 0.200. The summed E-state index contributed by atoms with van der Waals surface area (Å²) >= 11 is 0. The van der Waals surface area contributed by atoms with E-state index < -0.39 is 0 Å². The summed E-state index contributed by atoms with van der Waals surface area (Å²) in [5.41, 5.74) is 2.36. The Hall–Kier alpha value is -4.13. The first-order valence-electron chi connectivity index (χ1n) is 27.5. The van der Waals surface area contributed by atoms with E-state index in [0.717, 1.165) is 158 Å². The molecular formula is C59H91N3O8. The highest BCUT2D eigenvalue weighted by Crippen LogP contribution is 2.18. The van der Waals surface area contributed by atoms with E-state index in [1.807, 2.05) is 72.8 Å². The van der Waals surface area contributed by atoms with Gasteiger partial charge in [0.2, 0.25) is 0 Å². The topological polar surface area (TPSA) is 107 Å². The third kappa shape index (κ3) is 25.8. The van der Waals surface area contributed by atoms with Gasteiger partial charge in [0.05, 0.1) is 46.2 Å². The third-order valence-corrected chi connectivity index (χ3v) is 13.2. The van der Waals surface area contributed by atoms with Crippen LogP contribution in [0.25, 0.3) is 0 Å². The molecule has 6 rings (SSSR count). The number of carbonyl (C=O) groups excluding carboxylic acids is 3. The van der Waals surface area contributed by atoms with E-state index in [-0.39, 0.29) is 17.3 Å². The maximum Gasteiger partial charge on any atom is 0.164 e. The average Bonchev–Trinajstić information content (AvgIpc) is 3.41. The van der Waals surface area contributed by atoms with Gasteiger partial charge in [-0.15, -0.1) is 0 Å². The number of carbonyl (C=O) groups is 3. The molecular weight excluding hydrogens is 879 g/mol. The molecule has 0 spiro atoms. The lowest BCUT2D eigenvalue weighted by Gasteiger charge is -2.26. The smallest absolute Gasteiger partial charge is 0.164 e. The predicted molar refractivity (Wildman–Crippen MR) is 285 cm³/mol. The number of unbranched alkanes of at least 4 members (excludes halogenated alkanes) is 10. The summed E-state index contributed by atoms with van der Waals surface area (Å²) < 4.78 is 27.8. The molecule has 3 aromatic carbocycles. The van der Waals surface area contributed by atoms with Crippen LogP contribution in [0.2, 0.25) is 0 Å². The fourth-order valence-electron chi connectivity index (χ4n) is 8.59. The van der Waals surface area contributed by atoms with Crippen LogP contribution in [-0.2, 0) is 9.47 Å². The zero-order valence-corrected chi connectivity index (χ0v) is 43.8. The highest BCUT2D eigenvalue weighted by Gasteiger charge is 2.16. The lowest BCUT2D eigenvalue weighted by molar-refractivity contribution is 0.0370. The van der Waals surface area contributed by atoms with Crippen LogP contribution in [0.5, 0.6) is 17.2 Å². The Bertz CT molecular complexity index is 1700. The van der Waals surface area contributed by atoms with Crippen LogP contribution in [0, 0.1) is 0 Å². The molecule has 0 N–H and O–H groups in total. The molecule has 3 aromatic rings. The van der Waals surface area contributed by atoms with Gasteiger partial charge in [-0.2, -0.15) is 0 Å². The van der Waals surface area contributed by atoms with Crippen LogP contribution in [0.4, 0.5) is 0 Å². The lowest BCUT2D eigenvalue weighted by Crippen LogP contribution is -2.37. The number of piperidine rings is 1. The van der Waals surface area contributed by atoms with Gasteiger partial charge < -0.3 is 28.6 Å². The zero-order valence-electron chi connectivity index (χ0n) is 43.8. The monoisotopic (exact) mass is 970 g/mol. The molecule has 3 aliphatic heterocycles. The number of hydrogen-bond donors (Lipinski definition) is 0. The van der Waals surface area contributed by atoms with Crippen LogP contribution < -0.4 is 14.2 Å². The largest absolute Gasteiger partial charge is 0.494 e. The van der Waals surface area contributed by atoms with E-state index in [9.17, 15) is 14.4 Å². The molecule has 3 fully saturated rings. The van der Waals surface area contributed by atoms with Gasteiger partial charge in [0.25, 0.3) is 0 Å². The molecule has 0 saturated carbocycles. The maximum atomic E-state index is 12.3. The number of morpholine rings is 2. The Morgan fingerprint density at radius 2 is 0.671 bits per heavy atom. The van der Waals surface area contributed by atoms with Gasteiger partial charge in [-0.3, -0.25) is 24.2 Å². The number of hydrogen-bond acceptors (Lipinski definition) is 11. The highest BCUT2D eigenvalue weighted by molar-refractivity contribution is 5.97. The van der Waals surface area contributed by atoms with Crippen molar-refractivity contribution in [3.05, 3.63) is 89.5 Å². The van der Waals surface area contributed by atoms with E-state index >= 15 is 0 Å². The molecule has 11 nitrogen and oxygen atoms in total. The third-order valence-electron chi connectivity index (χ3n) is 13.2. The minimum atomic E-state index is 0.200. The predicted octanol–water partition coefficient (Wildman–Crippen LogP) is 12.2. The highest BCUT2D eigenvalue weighted by atomic mass is 16.5. The fourth-order valence-corrected chi connectivity index (χ4v) is 8.59. The van der Waals surface area contributed by atoms with Crippen LogP contribution in [0.3, 0.4) is 0 Å². The summed E-state index contributed by atoms with van der Waals surface area (Å²) in [5, 5.41) is 0. The Kier molecular flexibility index (Phi) is 31.4. The van der Waals surface area contributed by atoms with Crippen molar-refractivity contribution in [1.29, 1.82) is 0 Å². The second-order valence-electron chi connectivity index (χ2n) is 19.0. The van der Waals surface area contributed by atoms with Crippen molar-refractivity contribution < 1.29 is 38.1 Å². The van der Waals surface area contributed by atoms with E-state index in [1.165, 1.54) is 83.5 Å². The molecule has 3 heterocycles. The number of nitrogens with zero attached hydrogens (tertiary/aromatic N) is 3. The Balaban J connectivity index is 0.000000228. The van der Waals surface area contributed by atoms with Crippen molar-refractivity contribution in [3.8, 4) is 17.2 Å². The second kappa shape index (κ2) is 37.6. The summed E-state index contributed by atoms with van der Waals surface area (Å²) in [6, 6.07) is 22.8. The molecule has 3 aliphatic rings. The maximum absolute atomic E-state index is 12.3. The summed E-state index contributed by atoms with van der Waals surface area (Å²) in [6.45, 7) is 20.6. The summed E-state index contributed by atoms with van der Waals surface area (Å²) in [5.74, 6) is 3.22. The standard InChI is InChI=1S/C20H31NO3.C20H31NO2.C19H29NO3/c1-2-3-4-5-6-15-24-19-9-7-18(8-10-19)20(22)11-12-21-13-16-23-17-14-21;1-2-3-4-8-17-23-19-11-9-18(10-12-19)20(22)13-16-21-14-6-5-7-15-21;1-2-3-4-5-14-23-18-8-6-17(7-9-18)19(21)10-11-20-12-15-22-16-13-20/h7-10H,2-6,11-17H2,1H3;9-12H,2-8,13-17H2,1H3;6-9H,2-5,10-16H2,1H3. The number of likely N-dealkylation sites (tertiary alicyclic amines) is 1. The van der Waals surface area contributed by atoms with Crippen molar-refractivity contribution in [3.63, 3.8) is 0 Å². The zero-order chi connectivity index (χ0) is 49.7. The molecule has 70 heavy (non-hydrogen) atoms. The number of benzene rings is 3. The van der Waals surface area contributed by atoms with Gasteiger partial charge >= 0.3 is 0 Å². The van der Waals surface area contributed by atoms with Crippen molar-refractivity contribution in [2.75, 3.05) is 105 Å². The van der Waals surface area contributed by atoms with Crippen molar-refractivity contribution in [2.45, 2.75) is 143 Å². The van der Waals surface area contributed by atoms with Crippen LogP contribution in [-0.4, -0.2) is 137 Å². The van der Waals surface area contributed by atoms with Crippen molar-refractivity contribution in [2.24, 2.45) is 0 Å². The Labute approximate surface area is 423 Å². The lowest BCUT2D eigenvalue weighted by atomic mass is 10.1. The van der Waals surface area contributed by atoms with E-state index in [4.69, 9.17) is 23.7 Å². The Morgan fingerprint density at radius 1 is 0.386 bits per heavy atom. The molecule has 3 saturated heterocycles. The minimum Gasteiger partial charge on any atom is -0.494 e. The first-order chi connectivity index (χ1) is 34.4. The van der Waals surface area contributed by atoms with Crippen molar-refractivity contribution in [1.82, 2.24) is 14.7 Å². The number of rotatable bonds is 31. The number of ether oxygens (including phenoxy) is 5. The van der Waals surface area contributed by atoms with E-state index in [0.29, 0.717) is 19.3 Å². The molecule has 11 heteroatoms.